The summed E-state index contributed by atoms with van der Waals surface area (Å²) in [5.74, 6) is 0. The van der Waals surface area contributed by atoms with Crippen LogP contribution in [-0.2, 0) is 11.9 Å². The van der Waals surface area contributed by atoms with E-state index < -0.39 is 0 Å². The van der Waals surface area contributed by atoms with Gasteiger partial charge in [0.15, 0.2) is 0 Å². The van der Waals surface area contributed by atoms with Crippen LogP contribution in [0.1, 0.15) is 15.6 Å². The van der Waals surface area contributed by atoms with Crippen LogP contribution in [0.25, 0.3) is 0 Å². The van der Waals surface area contributed by atoms with Gasteiger partial charge in [-0.2, -0.15) is 0 Å². The van der Waals surface area contributed by atoms with Gasteiger partial charge in [-0.05, 0) is 6.92 Å². The Morgan fingerprint density at radius 2 is 2.40 bits per heavy atom. The Balaban J connectivity index is 2.96. The number of halogens is 1. The molecule has 0 fully saturated rings. The van der Waals surface area contributed by atoms with Crippen molar-refractivity contribution in [3.8, 4) is 0 Å². The first kappa shape index (κ1) is 8.17. The molecule has 1 heterocycles. The molecule has 10 heavy (non-hydrogen) atoms. The van der Waals surface area contributed by atoms with Crippen molar-refractivity contribution >= 4 is 27.3 Å². The van der Waals surface area contributed by atoms with Crippen molar-refractivity contribution in [1.82, 2.24) is 4.98 Å². The third-order valence-electron chi connectivity index (χ3n) is 1.16. The zero-order valence-corrected chi connectivity index (χ0v) is 8.00. The average Bonchev–Trinajstić information content (AvgIpc) is 2.30. The molecule has 1 aromatic rings. The van der Waals surface area contributed by atoms with E-state index in [-0.39, 0.29) is 6.61 Å². The van der Waals surface area contributed by atoms with Gasteiger partial charge in [-0.15, -0.1) is 11.3 Å². The molecule has 1 N–H and O–H groups in total. The summed E-state index contributed by atoms with van der Waals surface area (Å²) in [6, 6.07) is 0. The number of aryl methyl sites for hydroxylation is 1. The third-order valence-corrected chi connectivity index (χ3v) is 2.68. The molecule has 1 rings (SSSR count). The van der Waals surface area contributed by atoms with Crippen molar-refractivity contribution in [2.24, 2.45) is 0 Å². The molecule has 0 saturated carbocycles. The average molecular weight is 222 g/mol. The minimum absolute atomic E-state index is 0.104. The number of hydrogen-bond acceptors (Lipinski definition) is 3. The SMILES string of the molecule is Cc1nc(CBr)c(CO)s1. The fourth-order valence-electron chi connectivity index (χ4n) is 0.740. The fraction of sp³-hybridized carbons (Fsp3) is 0.500. The Morgan fingerprint density at radius 3 is 2.80 bits per heavy atom. The van der Waals surface area contributed by atoms with Gasteiger partial charge in [0.1, 0.15) is 0 Å². The van der Waals surface area contributed by atoms with Gasteiger partial charge in [-0.3, -0.25) is 0 Å². The van der Waals surface area contributed by atoms with Crippen LogP contribution in [0.2, 0.25) is 0 Å². The lowest BCUT2D eigenvalue weighted by molar-refractivity contribution is 0.284. The van der Waals surface area contributed by atoms with E-state index in [1.165, 1.54) is 0 Å². The summed E-state index contributed by atoms with van der Waals surface area (Å²) in [5.41, 5.74) is 0.963. The van der Waals surface area contributed by atoms with Crippen molar-refractivity contribution in [2.75, 3.05) is 0 Å². The molecule has 0 spiro atoms. The highest BCUT2D eigenvalue weighted by molar-refractivity contribution is 9.08. The summed E-state index contributed by atoms with van der Waals surface area (Å²) in [7, 11) is 0. The van der Waals surface area contributed by atoms with Gasteiger partial charge in [-0.1, -0.05) is 15.9 Å². The highest BCUT2D eigenvalue weighted by atomic mass is 79.9. The van der Waals surface area contributed by atoms with Crippen LogP contribution in [0.5, 0.6) is 0 Å². The van der Waals surface area contributed by atoms with Crippen LogP contribution in [0.4, 0.5) is 0 Å². The molecule has 0 aliphatic rings. The summed E-state index contributed by atoms with van der Waals surface area (Å²) in [4.78, 5) is 5.18. The normalized spacial score (nSPS) is 10.3. The standard InChI is InChI=1S/C6H8BrNOS/c1-4-8-5(2-7)6(3-9)10-4/h9H,2-3H2,1H3. The van der Waals surface area contributed by atoms with Crippen molar-refractivity contribution in [3.63, 3.8) is 0 Å². The molecule has 0 atom stereocenters. The molecular weight excluding hydrogens is 214 g/mol. The van der Waals surface area contributed by atoms with E-state index in [1.54, 1.807) is 11.3 Å². The number of aliphatic hydroxyl groups excluding tert-OH is 1. The molecule has 0 aliphatic carbocycles. The van der Waals surface area contributed by atoms with E-state index in [0.29, 0.717) is 0 Å². The summed E-state index contributed by atoms with van der Waals surface area (Å²) in [5, 5.41) is 10.6. The predicted octanol–water partition coefficient (Wildman–Crippen LogP) is 1.84. The van der Waals surface area contributed by atoms with E-state index >= 15 is 0 Å². The first-order valence-electron chi connectivity index (χ1n) is 2.90. The van der Waals surface area contributed by atoms with E-state index in [1.807, 2.05) is 6.92 Å². The Hall–Kier alpha value is 0.0700. The summed E-state index contributed by atoms with van der Waals surface area (Å²) >= 11 is 4.84. The van der Waals surface area contributed by atoms with Gasteiger partial charge in [0.05, 0.1) is 22.2 Å². The number of rotatable bonds is 2. The maximum Gasteiger partial charge on any atom is 0.0901 e. The molecule has 56 valence electrons. The van der Waals surface area contributed by atoms with Gasteiger partial charge in [0.2, 0.25) is 0 Å². The van der Waals surface area contributed by atoms with Crippen LogP contribution in [0, 0.1) is 6.92 Å². The molecule has 0 aromatic carbocycles. The van der Waals surface area contributed by atoms with Crippen LogP contribution >= 0.6 is 27.3 Å². The van der Waals surface area contributed by atoms with Crippen molar-refractivity contribution in [2.45, 2.75) is 18.9 Å². The minimum Gasteiger partial charge on any atom is -0.391 e. The predicted molar refractivity (Wildman–Crippen MR) is 45.4 cm³/mol. The molecule has 0 amide bonds. The second-order valence-electron chi connectivity index (χ2n) is 1.89. The summed E-state index contributed by atoms with van der Waals surface area (Å²) < 4.78 is 0. The Labute approximate surface area is 72.0 Å². The van der Waals surface area contributed by atoms with E-state index in [0.717, 1.165) is 20.9 Å². The first-order chi connectivity index (χ1) is 4.77. The molecule has 4 heteroatoms. The second kappa shape index (κ2) is 3.46. The van der Waals surface area contributed by atoms with Crippen LogP contribution < -0.4 is 0 Å². The van der Waals surface area contributed by atoms with Gasteiger partial charge < -0.3 is 5.11 Å². The molecule has 0 aliphatic heterocycles. The maximum absolute atomic E-state index is 8.81. The Bertz CT molecular complexity index is 202. The quantitative estimate of drug-likeness (QED) is 0.774. The second-order valence-corrected chi connectivity index (χ2v) is 3.74. The van der Waals surface area contributed by atoms with Crippen LogP contribution in [0.3, 0.4) is 0 Å². The lowest BCUT2D eigenvalue weighted by Gasteiger charge is -1.89. The number of nitrogens with zero attached hydrogens (tertiary/aromatic N) is 1. The Kier molecular flexibility index (Phi) is 2.82. The number of aliphatic hydroxyl groups is 1. The number of alkyl halides is 1. The van der Waals surface area contributed by atoms with Gasteiger partial charge in [-0.25, -0.2) is 4.98 Å². The zero-order valence-electron chi connectivity index (χ0n) is 5.59. The van der Waals surface area contributed by atoms with Crippen LogP contribution in [0.15, 0.2) is 0 Å². The third kappa shape index (κ3) is 1.56. The van der Waals surface area contributed by atoms with Gasteiger partial charge in [0.25, 0.3) is 0 Å². The topological polar surface area (TPSA) is 33.1 Å². The van der Waals surface area contributed by atoms with Crippen molar-refractivity contribution in [1.29, 1.82) is 0 Å². The van der Waals surface area contributed by atoms with E-state index in [9.17, 15) is 0 Å². The monoisotopic (exact) mass is 221 g/mol. The summed E-state index contributed by atoms with van der Waals surface area (Å²) in [6.45, 7) is 2.04. The first-order valence-corrected chi connectivity index (χ1v) is 4.83. The van der Waals surface area contributed by atoms with Crippen molar-refractivity contribution < 1.29 is 5.11 Å². The molecular formula is C6H8BrNOS. The maximum atomic E-state index is 8.81. The lowest BCUT2D eigenvalue weighted by Crippen LogP contribution is -1.84. The number of thiazole rings is 1. The molecule has 0 radical (unpaired) electrons. The summed E-state index contributed by atoms with van der Waals surface area (Å²) in [6.07, 6.45) is 0. The van der Waals surface area contributed by atoms with Gasteiger partial charge >= 0.3 is 0 Å². The largest absolute Gasteiger partial charge is 0.391 e. The molecule has 0 unspecified atom stereocenters. The van der Waals surface area contributed by atoms with Gasteiger partial charge in [0, 0.05) is 5.33 Å². The molecule has 2 nitrogen and oxygen atoms in total. The minimum atomic E-state index is 0.104. The highest BCUT2D eigenvalue weighted by Crippen LogP contribution is 2.19. The zero-order chi connectivity index (χ0) is 7.56. The molecule has 0 saturated heterocycles. The lowest BCUT2D eigenvalue weighted by atomic mass is 10.4. The fourth-order valence-corrected chi connectivity index (χ4v) is 2.20. The molecule has 0 bridgehead atoms. The number of aromatic nitrogens is 1. The number of hydrogen-bond donors (Lipinski definition) is 1. The smallest absolute Gasteiger partial charge is 0.0901 e. The van der Waals surface area contributed by atoms with Crippen molar-refractivity contribution in [3.05, 3.63) is 15.6 Å². The van der Waals surface area contributed by atoms with Crippen LogP contribution in [-0.4, -0.2) is 10.1 Å². The van der Waals surface area contributed by atoms with E-state index in [2.05, 4.69) is 20.9 Å². The molecule has 1 aromatic heterocycles. The van der Waals surface area contributed by atoms with E-state index in [4.69, 9.17) is 5.11 Å². The highest BCUT2D eigenvalue weighted by Gasteiger charge is 2.04. The Morgan fingerprint density at radius 1 is 1.70 bits per heavy atom.